The lowest BCUT2D eigenvalue weighted by Gasteiger charge is -2.28. The molecule has 1 fully saturated rings. The lowest BCUT2D eigenvalue weighted by atomic mass is 9.95. The average molecular weight is 310 g/mol. The number of nitrogens with zero attached hydrogens (tertiary/aromatic N) is 1. The Morgan fingerprint density at radius 2 is 1.90 bits per heavy atom. The SMILES string of the molecule is N[C@@H]1CN(C(CO)C(F)(F)F)C[C@H]1c1ccc(F)c(F)c1. The third-order valence-corrected chi connectivity index (χ3v) is 3.76. The van der Waals surface area contributed by atoms with Gasteiger partial charge in [-0.2, -0.15) is 13.2 Å². The minimum Gasteiger partial charge on any atom is -0.394 e. The third-order valence-electron chi connectivity index (χ3n) is 3.76. The van der Waals surface area contributed by atoms with Gasteiger partial charge in [-0.25, -0.2) is 8.78 Å². The van der Waals surface area contributed by atoms with Crippen LogP contribution >= 0.6 is 0 Å². The number of likely N-dealkylation sites (tertiary alicyclic amines) is 1. The second-order valence-electron chi connectivity index (χ2n) is 5.14. The van der Waals surface area contributed by atoms with Gasteiger partial charge in [-0.15, -0.1) is 0 Å². The van der Waals surface area contributed by atoms with Gasteiger partial charge in [0.1, 0.15) is 6.04 Å². The van der Waals surface area contributed by atoms with Crippen LogP contribution in [-0.2, 0) is 0 Å². The molecule has 3 atom stereocenters. The maximum atomic E-state index is 13.2. The summed E-state index contributed by atoms with van der Waals surface area (Å²) in [6, 6.07) is 0.539. The van der Waals surface area contributed by atoms with Gasteiger partial charge in [-0.05, 0) is 17.7 Å². The largest absolute Gasteiger partial charge is 0.406 e. The molecule has 3 nitrogen and oxygen atoms in total. The molecule has 1 aromatic rings. The van der Waals surface area contributed by atoms with Crippen molar-refractivity contribution in [1.29, 1.82) is 0 Å². The third kappa shape index (κ3) is 3.33. The quantitative estimate of drug-likeness (QED) is 0.834. The first kappa shape index (κ1) is 16.1. The Balaban J connectivity index is 2.19. The molecular weight excluding hydrogens is 295 g/mol. The lowest BCUT2D eigenvalue weighted by molar-refractivity contribution is -0.190. The number of hydrogen-bond donors (Lipinski definition) is 2. The first-order valence-corrected chi connectivity index (χ1v) is 6.36. The predicted molar refractivity (Wildman–Crippen MR) is 65.6 cm³/mol. The molecule has 21 heavy (non-hydrogen) atoms. The summed E-state index contributed by atoms with van der Waals surface area (Å²) in [6.07, 6.45) is -4.57. The summed E-state index contributed by atoms with van der Waals surface area (Å²) in [6.45, 7) is -1.22. The minimum absolute atomic E-state index is 0.0724. The number of alkyl halides is 3. The van der Waals surface area contributed by atoms with Crippen molar-refractivity contribution in [2.24, 2.45) is 5.73 Å². The molecule has 0 aromatic heterocycles. The second kappa shape index (κ2) is 5.86. The van der Waals surface area contributed by atoms with Gasteiger partial charge in [0.15, 0.2) is 11.6 Å². The predicted octanol–water partition coefficient (Wildman–Crippen LogP) is 1.61. The van der Waals surface area contributed by atoms with Gasteiger partial charge in [-0.1, -0.05) is 6.07 Å². The summed E-state index contributed by atoms with van der Waals surface area (Å²) >= 11 is 0. The van der Waals surface area contributed by atoms with Gasteiger partial charge >= 0.3 is 6.18 Å². The highest BCUT2D eigenvalue weighted by atomic mass is 19.4. The van der Waals surface area contributed by atoms with Crippen molar-refractivity contribution in [1.82, 2.24) is 4.90 Å². The van der Waals surface area contributed by atoms with E-state index < -0.39 is 42.4 Å². The summed E-state index contributed by atoms with van der Waals surface area (Å²) in [5.74, 6) is -2.63. The van der Waals surface area contributed by atoms with Crippen LogP contribution in [0.1, 0.15) is 11.5 Å². The van der Waals surface area contributed by atoms with E-state index in [0.717, 1.165) is 17.0 Å². The zero-order valence-electron chi connectivity index (χ0n) is 10.9. The topological polar surface area (TPSA) is 49.5 Å². The minimum atomic E-state index is -4.57. The van der Waals surface area contributed by atoms with Crippen LogP contribution in [-0.4, -0.2) is 48.0 Å². The molecular formula is C13H15F5N2O. The fourth-order valence-electron chi connectivity index (χ4n) is 2.64. The van der Waals surface area contributed by atoms with Gasteiger partial charge in [-0.3, -0.25) is 4.90 Å². The first-order valence-electron chi connectivity index (χ1n) is 6.36. The molecule has 0 saturated carbocycles. The zero-order valence-corrected chi connectivity index (χ0v) is 10.9. The molecule has 1 heterocycles. The smallest absolute Gasteiger partial charge is 0.394 e. The van der Waals surface area contributed by atoms with Crippen molar-refractivity contribution < 1.29 is 27.1 Å². The van der Waals surface area contributed by atoms with Crippen LogP contribution in [0, 0.1) is 11.6 Å². The van der Waals surface area contributed by atoms with Crippen molar-refractivity contribution in [3.63, 3.8) is 0 Å². The van der Waals surface area contributed by atoms with E-state index in [4.69, 9.17) is 10.8 Å². The van der Waals surface area contributed by atoms with Crippen LogP contribution < -0.4 is 5.73 Å². The highest BCUT2D eigenvalue weighted by Crippen LogP contribution is 2.33. The van der Waals surface area contributed by atoms with Crippen molar-refractivity contribution >= 4 is 0 Å². The van der Waals surface area contributed by atoms with E-state index in [2.05, 4.69) is 0 Å². The van der Waals surface area contributed by atoms with Crippen molar-refractivity contribution in [3.05, 3.63) is 35.4 Å². The molecule has 1 saturated heterocycles. The summed E-state index contributed by atoms with van der Waals surface area (Å²) < 4.78 is 64.5. The Hall–Kier alpha value is -1.25. The van der Waals surface area contributed by atoms with Crippen LogP contribution in [0.5, 0.6) is 0 Å². The molecule has 1 aliphatic heterocycles. The fourth-order valence-corrected chi connectivity index (χ4v) is 2.64. The number of hydrogen-bond acceptors (Lipinski definition) is 3. The van der Waals surface area contributed by atoms with E-state index in [1.165, 1.54) is 6.07 Å². The van der Waals surface area contributed by atoms with E-state index >= 15 is 0 Å². The van der Waals surface area contributed by atoms with Gasteiger partial charge in [0.25, 0.3) is 0 Å². The van der Waals surface area contributed by atoms with Crippen LogP contribution in [0.2, 0.25) is 0 Å². The molecule has 2 rings (SSSR count). The van der Waals surface area contributed by atoms with Crippen molar-refractivity contribution in [2.45, 2.75) is 24.2 Å². The van der Waals surface area contributed by atoms with Crippen LogP contribution in [0.3, 0.4) is 0 Å². The Kier molecular flexibility index (Phi) is 4.50. The number of aliphatic hydroxyl groups excluding tert-OH is 1. The molecule has 0 spiro atoms. The van der Waals surface area contributed by atoms with Crippen LogP contribution in [0.25, 0.3) is 0 Å². The summed E-state index contributed by atoms with van der Waals surface area (Å²) in [5, 5.41) is 8.93. The van der Waals surface area contributed by atoms with Gasteiger partial charge in [0.2, 0.25) is 0 Å². The standard InChI is InChI=1S/C13H15F5N2O/c14-9-2-1-7(3-10(9)15)8-4-20(5-11(8)19)12(6-21)13(16,17)18/h1-3,8,11-12,21H,4-6,19H2/t8-,11+,12?/m0/s1. The second-order valence-corrected chi connectivity index (χ2v) is 5.14. The summed E-state index contributed by atoms with van der Waals surface area (Å²) in [5.41, 5.74) is 6.17. The Morgan fingerprint density at radius 1 is 1.24 bits per heavy atom. The Bertz CT molecular complexity index is 508. The van der Waals surface area contributed by atoms with E-state index in [1.54, 1.807) is 0 Å². The van der Waals surface area contributed by atoms with E-state index in [-0.39, 0.29) is 13.1 Å². The van der Waals surface area contributed by atoms with Crippen molar-refractivity contribution in [3.8, 4) is 0 Å². The number of nitrogens with two attached hydrogens (primary N) is 1. The molecule has 1 unspecified atom stereocenters. The number of benzene rings is 1. The molecule has 0 radical (unpaired) electrons. The molecule has 0 bridgehead atoms. The molecule has 1 aromatic carbocycles. The lowest BCUT2D eigenvalue weighted by Crippen LogP contribution is -2.47. The normalized spacial score (nSPS) is 25.3. The molecule has 118 valence electrons. The highest BCUT2D eigenvalue weighted by molar-refractivity contribution is 5.25. The van der Waals surface area contributed by atoms with E-state index in [9.17, 15) is 22.0 Å². The maximum Gasteiger partial charge on any atom is 0.406 e. The fraction of sp³-hybridized carbons (Fsp3) is 0.538. The Morgan fingerprint density at radius 3 is 2.43 bits per heavy atom. The van der Waals surface area contributed by atoms with Crippen LogP contribution in [0.4, 0.5) is 22.0 Å². The number of aliphatic hydroxyl groups is 1. The van der Waals surface area contributed by atoms with Crippen LogP contribution in [0.15, 0.2) is 18.2 Å². The summed E-state index contributed by atoms with van der Waals surface area (Å²) in [4.78, 5) is 1.02. The molecule has 0 aliphatic carbocycles. The first-order chi connectivity index (χ1) is 9.74. The summed E-state index contributed by atoms with van der Waals surface area (Å²) in [7, 11) is 0. The van der Waals surface area contributed by atoms with Gasteiger partial charge in [0.05, 0.1) is 6.61 Å². The van der Waals surface area contributed by atoms with E-state index in [0.29, 0.717) is 5.56 Å². The zero-order chi connectivity index (χ0) is 15.8. The number of rotatable bonds is 3. The molecule has 0 amide bonds. The van der Waals surface area contributed by atoms with Gasteiger partial charge in [0, 0.05) is 25.0 Å². The maximum absolute atomic E-state index is 13.2. The average Bonchev–Trinajstić information content (AvgIpc) is 2.73. The monoisotopic (exact) mass is 310 g/mol. The molecule has 8 heteroatoms. The Labute approximate surface area is 118 Å². The highest BCUT2D eigenvalue weighted by Gasteiger charge is 2.47. The molecule has 3 N–H and O–H groups in total. The van der Waals surface area contributed by atoms with Crippen molar-refractivity contribution in [2.75, 3.05) is 19.7 Å². The van der Waals surface area contributed by atoms with Gasteiger partial charge < -0.3 is 10.8 Å². The molecule has 1 aliphatic rings. The number of halogens is 5. The van der Waals surface area contributed by atoms with E-state index in [1.807, 2.05) is 0 Å².